The van der Waals surface area contributed by atoms with Crippen LogP contribution < -0.4 is 5.32 Å². The third-order valence-corrected chi connectivity index (χ3v) is 2.85. The fourth-order valence-electron chi connectivity index (χ4n) is 1.60. The second-order valence-corrected chi connectivity index (χ2v) is 4.32. The molecule has 1 saturated carbocycles. The number of hydrogen-bond donors (Lipinski definition) is 1. The molecule has 1 rings (SSSR count). The lowest BCUT2D eigenvalue weighted by molar-refractivity contribution is -0.119. The Kier molecular flexibility index (Phi) is 4.56. The van der Waals surface area contributed by atoms with E-state index >= 15 is 0 Å². The highest BCUT2D eigenvalue weighted by atomic mass is 32.2. The number of carbonyl (C=O) groups is 1. The molecule has 1 fully saturated rings. The van der Waals surface area contributed by atoms with E-state index in [9.17, 15) is 9.18 Å². The summed E-state index contributed by atoms with van der Waals surface area (Å²) in [4.78, 5) is 11.2. The summed E-state index contributed by atoms with van der Waals surface area (Å²) < 4.78 is 12.7. The Labute approximate surface area is 82.7 Å². The van der Waals surface area contributed by atoms with Gasteiger partial charge in [-0.05, 0) is 31.9 Å². The summed E-state index contributed by atoms with van der Waals surface area (Å²) in [6, 6.07) is 0.214. The van der Waals surface area contributed by atoms with Crippen LogP contribution in [-0.2, 0) is 4.79 Å². The van der Waals surface area contributed by atoms with Gasteiger partial charge in [0.25, 0.3) is 0 Å². The molecule has 0 unspecified atom stereocenters. The maximum absolute atomic E-state index is 12.7. The van der Waals surface area contributed by atoms with Crippen molar-refractivity contribution in [2.75, 3.05) is 12.0 Å². The molecule has 2 nitrogen and oxygen atoms in total. The number of halogens is 1. The van der Waals surface area contributed by atoms with Crippen LogP contribution in [-0.4, -0.2) is 30.1 Å². The van der Waals surface area contributed by atoms with Crippen LogP contribution in [0.4, 0.5) is 4.39 Å². The largest absolute Gasteiger partial charge is 0.353 e. The molecule has 4 heteroatoms. The van der Waals surface area contributed by atoms with Gasteiger partial charge >= 0.3 is 0 Å². The van der Waals surface area contributed by atoms with Crippen molar-refractivity contribution in [2.45, 2.75) is 37.9 Å². The van der Waals surface area contributed by atoms with Gasteiger partial charge in [0.05, 0.1) is 5.75 Å². The fraction of sp³-hybridized carbons (Fsp3) is 0.889. The number of carbonyl (C=O) groups excluding carboxylic acids is 1. The summed E-state index contributed by atoms with van der Waals surface area (Å²) in [6.07, 6.45) is 4.04. The SMILES string of the molecule is CSCC(=O)NC1CCC(F)CC1. The summed E-state index contributed by atoms with van der Waals surface area (Å²) in [5.41, 5.74) is 0. The van der Waals surface area contributed by atoms with Crippen LogP contribution in [0.25, 0.3) is 0 Å². The number of hydrogen-bond acceptors (Lipinski definition) is 2. The lowest BCUT2D eigenvalue weighted by Crippen LogP contribution is -2.38. The molecule has 13 heavy (non-hydrogen) atoms. The molecule has 0 aromatic carbocycles. The molecule has 1 aliphatic carbocycles. The highest BCUT2D eigenvalue weighted by molar-refractivity contribution is 7.99. The van der Waals surface area contributed by atoms with Crippen molar-refractivity contribution < 1.29 is 9.18 Å². The second kappa shape index (κ2) is 5.47. The molecule has 1 amide bonds. The zero-order valence-electron chi connectivity index (χ0n) is 7.88. The van der Waals surface area contributed by atoms with E-state index in [1.54, 1.807) is 0 Å². The van der Waals surface area contributed by atoms with E-state index in [0.29, 0.717) is 18.6 Å². The minimum absolute atomic E-state index is 0.0785. The van der Waals surface area contributed by atoms with Crippen LogP contribution in [0.5, 0.6) is 0 Å². The van der Waals surface area contributed by atoms with Crippen LogP contribution in [0.2, 0.25) is 0 Å². The molecule has 0 spiro atoms. The summed E-state index contributed by atoms with van der Waals surface area (Å²) in [6.45, 7) is 0. The number of nitrogens with one attached hydrogen (secondary N) is 1. The van der Waals surface area contributed by atoms with Crippen LogP contribution in [0, 0.1) is 0 Å². The molecule has 0 radical (unpaired) electrons. The van der Waals surface area contributed by atoms with Crippen molar-refractivity contribution in [2.24, 2.45) is 0 Å². The Balaban J connectivity index is 2.18. The monoisotopic (exact) mass is 205 g/mol. The molecule has 1 N–H and O–H groups in total. The average molecular weight is 205 g/mol. The number of rotatable bonds is 3. The number of amides is 1. The van der Waals surface area contributed by atoms with Gasteiger partial charge in [-0.1, -0.05) is 0 Å². The minimum atomic E-state index is -0.645. The smallest absolute Gasteiger partial charge is 0.230 e. The summed E-state index contributed by atoms with van der Waals surface area (Å²) in [5, 5.41) is 2.91. The van der Waals surface area contributed by atoms with Gasteiger partial charge in [0.2, 0.25) is 5.91 Å². The maximum atomic E-state index is 12.7. The molecule has 0 aliphatic heterocycles. The Morgan fingerprint density at radius 2 is 2.08 bits per heavy atom. The fourth-order valence-corrected chi connectivity index (χ4v) is 1.94. The van der Waals surface area contributed by atoms with Crippen molar-refractivity contribution >= 4 is 17.7 Å². The van der Waals surface area contributed by atoms with Gasteiger partial charge in [-0.3, -0.25) is 4.79 Å². The van der Waals surface area contributed by atoms with Gasteiger partial charge in [-0.15, -0.1) is 0 Å². The van der Waals surface area contributed by atoms with Crippen molar-refractivity contribution in [3.63, 3.8) is 0 Å². The molecule has 0 aromatic rings. The molecule has 1 aliphatic rings. The van der Waals surface area contributed by atoms with Crippen molar-refractivity contribution in [3.8, 4) is 0 Å². The Hall–Kier alpha value is -0.250. The van der Waals surface area contributed by atoms with E-state index in [1.165, 1.54) is 11.8 Å². The normalized spacial score (nSPS) is 28.5. The van der Waals surface area contributed by atoms with Gasteiger partial charge in [-0.25, -0.2) is 4.39 Å². The first-order chi connectivity index (χ1) is 6.22. The van der Waals surface area contributed by atoms with Crippen LogP contribution in [0.15, 0.2) is 0 Å². The highest BCUT2D eigenvalue weighted by Gasteiger charge is 2.21. The molecule has 0 bridgehead atoms. The van der Waals surface area contributed by atoms with E-state index in [0.717, 1.165) is 12.8 Å². The van der Waals surface area contributed by atoms with Crippen LogP contribution in [0.1, 0.15) is 25.7 Å². The third-order valence-electron chi connectivity index (χ3n) is 2.30. The van der Waals surface area contributed by atoms with Gasteiger partial charge in [0.1, 0.15) is 6.17 Å². The van der Waals surface area contributed by atoms with Crippen LogP contribution >= 0.6 is 11.8 Å². The minimum Gasteiger partial charge on any atom is -0.353 e. The van der Waals surface area contributed by atoms with Crippen molar-refractivity contribution in [3.05, 3.63) is 0 Å². The van der Waals surface area contributed by atoms with E-state index in [1.807, 2.05) is 6.26 Å². The molecular formula is C9H16FNOS. The predicted molar refractivity (Wildman–Crippen MR) is 53.7 cm³/mol. The first-order valence-corrected chi connectivity index (χ1v) is 6.04. The summed E-state index contributed by atoms with van der Waals surface area (Å²) in [7, 11) is 0. The van der Waals surface area contributed by atoms with E-state index in [4.69, 9.17) is 0 Å². The number of alkyl halides is 1. The summed E-state index contributed by atoms with van der Waals surface area (Å²) in [5.74, 6) is 0.588. The molecule has 0 atom stereocenters. The summed E-state index contributed by atoms with van der Waals surface area (Å²) >= 11 is 1.51. The van der Waals surface area contributed by atoms with E-state index < -0.39 is 6.17 Å². The second-order valence-electron chi connectivity index (χ2n) is 3.45. The zero-order valence-corrected chi connectivity index (χ0v) is 8.70. The molecule has 0 aromatic heterocycles. The standard InChI is InChI=1S/C9H16FNOS/c1-13-6-9(12)11-8-4-2-7(10)3-5-8/h7-8H,2-6H2,1H3,(H,11,12). The van der Waals surface area contributed by atoms with Gasteiger partial charge in [0.15, 0.2) is 0 Å². The van der Waals surface area contributed by atoms with Crippen molar-refractivity contribution in [1.29, 1.82) is 0 Å². The lowest BCUT2D eigenvalue weighted by Gasteiger charge is -2.24. The molecular weight excluding hydrogens is 189 g/mol. The highest BCUT2D eigenvalue weighted by Crippen LogP contribution is 2.20. The van der Waals surface area contributed by atoms with Crippen LogP contribution in [0.3, 0.4) is 0 Å². The Morgan fingerprint density at radius 1 is 1.46 bits per heavy atom. The quantitative estimate of drug-likeness (QED) is 0.760. The first kappa shape index (κ1) is 10.8. The predicted octanol–water partition coefficient (Wildman–Crippen LogP) is 1.75. The van der Waals surface area contributed by atoms with Gasteiger partial charge in [0, 0.05) is 6.04 Å². The van der Waals surface area contributed by atoms with E-state index in [-0.39, 0.29) is 11.9 Å². The van der Waals surface area contributed by atoms with Crippen molar-refractivity contribution in [1.82, 2.24) is 5.32 Å². The Bertz CT molecular complexity index is 169. The third kappa shape index (κ3) is 3.98. The molecule has 76 valence electrons. The Morgan fingerprint density at radius 3 is 2.62 bits per heavy atom. The topological polar surface area (TPSA) is 29.1 Å². The van der Waals surface area contributed by atoms with Gasteiger partial charge in [-0.2, -0.15) is 11.8 Å². The van der Waals surface area contributed by atoms with E-state index in [2.05, 4.69) is 5.32 Å². The lowest BCUT2D eigenvalue weighted by atomic mass is 9.94. The maximum Gasteiger partial charge on any atom is 0.230 e. The number of thioether (sulfide) groups is 1. The van der Waals surface area contributed by atoms with Gasteiger partial charge < -0.3 is 5.32 Å². The average Bonchev–Trinajstić information content (AvgIpc) is 2.09. The first-order valence-electron chi connectivity index (χ1n) is 4.64. The molecule has 0 saturated heterocycles. The molecule has 0 heterocycles. The zero-order chi connectivity index (χ0) is 9.68.